The van der Waals surface area contributed by atoms with Gasteiger partial charge in [-0.05, 0) is 5.92 Å². The Labute approximate surface area is 81.4 Å². The van der Waals surface area contributed by atoms with Crippen LogP contribution in [0.25, 0.3) is 0 Å². The van der Waals surface area contributed by atoms with Crippen molar-refractivity contribution in [1.29, 1.82) is 0 Å². The highest BCUT2D eigenvalue weighted by Gasteiger charge is 2.48. The molecule has 0 saturated heterocycles. The highest BCUT2D eigenvalue weighted by molar-refractivity contribution is 5.73. The zero-order chi connectivity index (χ0) is 11.5. The van der Waals surface area contributed by atoms with Crippen LogP contribution < -0.4 is 0 Å². The first-order chi connectivity index (χ1) is 6.28. The van der Waals surface area contributed by atoms with Crippen LogP contribution >= 0.6 is 0 Å². The molecule has 0 aromatic rings. The van der Waals surface area contributed by atoms with Crippen LogP contribution in [-0.4, -0.2) is 55.9 Å². The molecule has 14 heavy (non-hydrogen) atoms. The van der Waals surface area contributed by atoms with Crippen LogP contribution in [0.2, 0.25) is 0 Å². The molecule has 3 atom stereocenters. The SMILES string of the molecule is CC(C)C(O)(C(O)CO)C(O)C(=O)O. The predicted octanol–water partition coefficient (Wildman–Crippen LogP) is -1.83. The van der Waals surface area contributed by atoms with E-state index < -0.39 is 36.3 Å². The average Bonchev–Trinajstić information content (AvgIpc) is 2.13. The van der Waals surface area contributed by atoms with Crippen LogP contribution in [0.15, 0.2) is 0 Å². The van der Waals surface area contributed by atoms with E-state index in [1.165, 1.54) is 13.8 Å². The van der Waals surface area contributed by atoms with E-state index in [0.717, 1.165) is 0 Å². The Morgan fingerprint density at radius 1 is 1.36 bits per heavy atom. The molecule has 84 valence electrons. The molecule has 6 nitrogen and oxygen atoms in total. The second-order valence-electron chi connectivity index (χ2n) is 3.48. The number of carboxylic acid groups (broad SMARTS) is 1. The summed E-state index contributed by atoms with van der Waals surface area (Å²) in [6.07, 6.45) is -3.83. The first-order valence-corrected chi connectivity index (χ1v) is 4.20. The largest absolute Gasteiger partial charge is 0.479 e. The maximum Gasteiger partial charge on any atom is 0.335 e. The number of rotatable bonds is 5. The van der Waals surface area contributed by atoms with Crippen LogP contribution in [0.4, 0.5) is 0 Å². The number of carbonyl (C=O) groups is 1. The van der Waals surface area contributed by atoms with Gasteiger partial charge in [0.1, 0.15) is 11.7 Å². The van der Waals surface area contributed by atoms with Crippen LogP contribution in [0.5, 0.6) is 0 Å². The van der Waals surface area contributed by atoms with Gasteiger partial charge >= 0.3 is 5.97 Å². The number of hydrogen-bond acceptors (Lipinski definition) is 5. The molecule has 0 saturated carbocycles. The Hall–Kier alpha value is -0.690. The first kappa shape index (κ1) is 13.3. The zero-order valence-corrected chi connectivity index (χ0v) is 8.08. The van der Waals surface area contributed by atoms with E-state index in [-0.39, 0.29) is 0 Å². The van der Waals surface area contributed by atoms with Crippen LogP contribution in [-0.2, 0) is 4.79 Å². The van der Waals surface area contributed by atoms with Crippen molar-refractivity contribution in [2.24, 2.45) is 5.92 Å². The van der Waals surface area contributed by atoms with E-state index in [4.69, 9.17) is 10.2 Å². The van der Waals surface area contributed by atoms with Gasteiger partial charge in [0.2, 0.25) is 0 Å². The number of aliphatic carboxylic acids is 1. The lowest BCUT2D eigenvalue weighted by Crippen LogP contribution is -2.60. The summed E-state index contributed by atoms with van der Waals surface area (Å²) in [5, 5.41) is 45.3. The number of hydrogen-bond donors (Lipinski definition) is 5. The van der Waals surface area contributed by atoms with Crippen molar-refractivity contribution < 1.29 is 30.3 Å². The first-order valence-electron chi connectivity index (χ1n) is 4.20. The van der Waals surface area contributed by atoms with Gasteiger partial charge in [-0.1, -0.05) is 13.8 Å². The molecule has 0 amide bonds. The lowest BCUT2D eigenvalue weighted by molar-refractivity contribution is -0.198. The third-order valence-corrected chi connectivity index (χ3v) is 2.30. The normalized spacial score (nSPS) is 20.2. The van der Waals surface area contributed by atoms with Crippen LogP contribution in [0.3, 0.4) is 0 Å². The van der Waals surface area contributed by atoms with Crippen molar-refractivity contribution in [3.63, 3.8) is 0 Å². The van der Waals surface area contributed by atoms with Crippen molar-refractivity contribution in [2.45, 2.75) is 31.7 Å². The predicted molar refractivity (Wildman–Crippen MR) is 46.5 cm³/mol. The average molecular weight is 208 g/mol. The van der Waals surface area contributed by atoms with Crippen molar-refractivity contribution in [3.05, 3.63) is 0 Å². The van der Waals surface area contributed by atoms with Gasteiger partial charge in [0.25, 0.3) is 0 Å². The highest BCUT2D eigenvalue weighted by atomic mass is 16.4. The molecular weight excluding hydrogens is 192 g/mol. The lowest BCUT2D eigenvalue weighted by Gasteiger charge is -2.37. The second kappa shape index (κ2) is 4.70. The molecule has 0 aliphatic heterocycles. The maximum absolute atomic E-state index is 10.5. The van der Waals surface area contributed by atoms with Gasteiger partial charge in [0, 0.05) is 0 Å². The van der Waals surface area contributed by atoms with Crippen LogP contribution in [0, 0.1) is 5.92 Å². The van der Waals surface area contributed by atoms with E-state index in [1.54, 1.807) is 0 Å². The summed E-state index contributed by atoms with van der Waals surface area (Å²) in [6, 6.07) is 0. The molecule has 0 bridgehead atoms. The van der Waals surface area contributed by atoms with Gasteiger partial charge in [0.15, 0.2) is 6.10 Å². The smallest absolute Gasteiger partial charge is 0.335 e. The van der Waals surface area contributed by atoms with E-state index in [1.807, 2.05) is 0 Å². The molecule has 0 spiro atoms. The molecule has 0 aliphatic carbocycles. The summed E-state index contributed by atoms with van der Waals surface area (Å²) in [5.41, 5.74) is -2.25. The third-order valence-electron chi connectivity index (χ3n) is 2.30. The summed E-state index contributed by atoms with van der Waals surface area (Å²) in [7, 11) is 0. The van der Waals surface area contributed by atoms with Gasteiger partial charge in [-0.25, -0.2) is 4.79 Å². The van der Waals surface area contributed by atoms with Gasteiger partial charge in [-0.15, -0.1) is 0 Å². The Morgan fingerprint density at radius 2 is 1.79 bits per heavy atom. The van der Waals surface area contributed by atoms with E-state index >= 15 is 0 Å². The third kappa shape index (κ3) is 2.21. The quantitative estimate of drug-likeness (QED) is 0.363. The van der Waals surface area contributed by atoms with Gasteiger partial charge in [-0.2, -0.15) is 0 Å². The minimum atomic E-state index is -2.25. The molecule has 0 heterocycles. The van der Waals surface area contributed by atoms with Gasteiger partial charge in [0.05, 0.1) is 6.61 Å². The molecule has 0 aromatic carbocycles. The van der Waals surface area contributed by atoms with Gasteiger partial charge < -0.3 is 25.5 Å². The topological polar surface area (TPSA) is 118 Å². The highest BCUT2D eigenvalue weighted by Crippen LogP contribution is 2.25. The summed E-state index contributed by atoms with van der Waals surface area (Å²) in [6.45, 7) is 2.05. The van der Waals surface area contributed by atoms with Crippen LogP contribution in [0.1, 0.15) is 13.8 Å². The number of aliphatic hydroxyl groups excluding tert-OH is 3. The standard InChI is InChI=1S/C8H16O6/c1-4(2)8(14,5(10)3-9)6(11)7(12)13/h4-6,9-11,14H,3H2,1-2H3,(H,12,13). The van der Waals surface area contributed by atoms with Gasteiger partial charge in [-0.3, -0.25) is 0 Å². The fourth-order valence-electron chi connectivity index (χ4n) is 1.23. The molecule has 0 aliphatic rings. The fourth-order valence-corrected chi connectivity index (χ4v) is 1.23. The second-order valence-corrected chi connectivity index (χ2v) is 3.48. The lowest BCUT2D eigenvalue weighted by atomic mass is 9.80. The molecule has 0 aromatic heterocycles. The van der Waals surface area contributed by atoms with Crippen molar-refractivity contribution >= 4 is 5.97 Å². The van der Waals surface area contributed by atoms with Crippen molar-refractivity contribution in [3.8, 4) is 0 Å². The summed E-state index contributed by atoms with van der Waals surface area (Å²) >= 11 is 0. The molecule has 6 heteroatoms. The summed E-state index contributed by atoms with van der Waals surface area (Å²) < 4.78 is 0. The molecule has 0 fully saturated rings. The fraction of sp³-hybridized carbons (Fsp3) is 0.875. The minimum Gasteiger partial charge on any atom is -0.479 e. The Kier molecular flexibility index (Phi) is 4.47. The molecule has 0 radical (unpaired) electrons. The Bertz CT molecular complexity index is 204. The molecular formula is C8H16O6. The monoisotopic (exact) mass is 208 g/mol. The summed E-state index contributed by atoms with van der Waals surface area (Å²) in [5.74, 6) is -2.36. The van der Waals surface area contributed by atoms with Crippen molar-refractivity contribution in [1.82, 2.24) is 0 Å². The number of carboxylic acids is 1. The van der Waals surface area contributed by atoms with E-state index in [2.05, 4.69) is 0 Å². The van der Waals surface area contributed by atoms with E-state index in [9.17, 15) is 20.1 Å². The molecule has 0 rings (SSSR count). The zero-order valence-electron chi connectivity index (χ0n) is 8.08. The van der Waals surface area contributed by atoms with Crippen molar-refractivity contribution in [2.75, 3.05) is 6.61 Å². The summed E-state index contributed by atoms with van der Waals surface area (Å²) in [4.78, 5) is 10.5. The molecule has 3 unspecified atom stereocenters. The Morgan fingerprint density at radius 3 is 2.00 bits per heavy atom. The minimum absolute atomic E-state index is 0.712. The molecule has 5 N–H and O–H groups in total. The Balaban J connectivity index is 4.98. The maximum atomic E-state index is 10.5. The number of aliphatic hydroxyl groups is 4. The van der Waals surface area contributed by atoms with E-state index in [0.29, 0.717) is 0 Å².